The van der Waals surface area contributed by atoms with Crippen molar-refractivity contribution in [1.82, 2.24) is 5.32 Å². The summed E-state index contributed by atoms with van der Waals surface area (Å²) in [6.07, 6.45) is 0. The van der Waals surface area contributed by atoms with Crippen LogP contribution in [0.3, 0.4) is 0 Å². The van der Waals surface area contributed by atoms with Crippen LogP contribution in [0, 0.1) is 5.41 Å². The molecule has 1 aromatic carbocycles. The van der Waals surface area contributed by atoms with Crippen LogP contribution >= 0.6 is 11.8 Å². The molecule has 0 amide bonds. The van der Waals surface area contributed by atoms with Crippen molar-refractivity contribution in [2.24, 2.45) is 5.41 Å². The first-order valence-electron chi connectivity index (χ1n) is 6.11. The standard InChI is InChI=1S/C14H23NOS/c1-4-17-13-7-5-12(6-8-13)9-15-10-14(2,3)11-16/h5-8,15-16H,4,9-11H2,1-3H3. The third-order valence-corrected chi connectivity index (χ3v) is 3.49. The lowest BCUT2D eigenvalue weighted by Crippen LogP contribution is -2.31. The van der Waals surface area contributed by atoms with Crippen LogP contribution in [0.1, 0.15) is 26.3 Å². The van der Waals surface area contributed by atoms with E-state index >= 15 is 0 Å². The summed E-state index contributed by atoms with van der Waals surface area (Å²) in [5.74, 6) is 1.11. The minimum atomic E-state index is -0.0436. The molecule has 0 aliphatic heterocycles. The van der Waals surface area contributed by atoms with Crippen LogP contribution in [0.25, 0.3) is 0 Å². The largest absolute Gasteiger partial charge is 0.396 e. The topological polar surface area (TPSA) is 32.3 Å². The minimum absolute atomic E-state index is 0.0436. The predicted octanol–water partition coefficient (Wildman–Crippen LogP) is 2.91. The number of thioether (sulfide) groups is 1. The highest BCUT2D eigenvalue weighted by atomic mass is 32.2. The summed E-state index contributed by atoms with van der Waals surface area (Å²) in [6.45, 7) is 8.18. The Balaban J connectivity index is 2.37. The molecule has 0 bridgehead atoms. The van der Waals surface area contributed by atoms with Gasteiger partial charge in [0.15, 0.2) is 0 Å². The van der Waals surface area contributed by atoms with Gasteiger partial charge in [0.1, 0.15) is 0 Å². The highest BCUT2D eigenvalue weighted by Crippen LogP contribution is 2.18. The first kappa shape index (κ1) is 14.6. The Bertz CT molecular complexity index is 321. The van der Waals surface area contributed by atoms with E-state index in [-0.39, 0.29) is 12.0 Å². The van der Waals surface area contributed by atoms with Gasteiger partial charge in [-0.2, -0.15) is 0 Å². The van der Waals surface area contributed by atoms with E-state index in [0.717, 1.165) is 18.8 Å². The molecule has 0 spiro atoms. The van der Waals surface area contributed by atoms with E-state index in [2.05, 4.69) is 50.4 Å². The number of hydrogen-bond acceptors (Lipinski definition) is 3. The fourth-order valence-corrected chi connectivity index (χ4v) is 2.13. The third kappa shape index (κ3) is 5.57. The van der Waals surface area contributed by atoms with Crippen LogP contribution in [0.15, 0.2) is 29.2 Å². The SMILES string of the molecule is CCSc1ccc(CNCC(C)(C)CO)cc1. The summed E-state index contributed by atoms with van der Waals surface area (Å²) in [4.78, 5) is 1.33. The highest BCUT2D eigenvalue weighted by Gasteiger charge is 2.15. The van der Waals surface area contributed by atoms with E-state index in [4.69, 9.17) is 5.11 Å². The van der Waals surface area contributed by atoms with Crippen molar-refractivity contribution in [1.29, 1.82) is 0 Å². The van der Waals surface area contributed by atoms with Gasteiger partial charge < -0.3 is 10.4 Å². The summed E-state index contributed by atoms with van der Waals surface area (Å²) in [7, 11) is 0. The molecule has 0 saturated carbocycles. The maximum atomic E-state index is 9.14. The Kier molecular flexibility index (Phi) is 6.03. The Morgan fingerprint density at radius 2 is 1.88 bits per heavy atom. The lowest BCUT2D eigenvalue weighted by Gasteiger charge is -2.21. The fourth-order valence-electron chi connectivity index (χ4n) is 1.47. The van der Waals surface area contributed by atoms with Crippen LogP contribution in [0.4, 0.5) is 0 Å². The van der Waals surface area contributed by atoms with Gasteiger partial charge in [0, 0.05) is 30.0 Å². The smallest absolute Gasteiger partial charge is 0.0494 e. The molecule has 0 heterocycles. The summed E-state index contributed by atoms with van der Waals surface area (Å²) in [6, 6.07) is 8.67. The lowest BCUT2D eigenvalue weighted by molar-refractivity contribution is 0.156. The Labute approximate surface area is 109 Å². The molecule has 1 aromatic rings. The molecule has 2 N–H and O–H groups in total. The number of benzene rings is 1. The minimum Gasteiger partial charge on any atom is -0.396 e. The molecule has 3 heteroatoms. The van der Waals surface area contributed by atoms with E-state index in [0.29, 0.717) is 0 Å². The molecule has 2 nitrogen and oxygen atoms in total. The zero-order valence-electron chi connectivity index (χ0n) is 11.0. The van der Waals surface area contributed by atoms with Crippen LogP contribution < -0.4 is 5.32 Å². The molecule has 0 fully saturated rings. The zero-order valence-corrected chi connectivity index (χ0v) is 11.8. The van der Waals surface area contributed by atoms with Gasteiger partial charge in [-0.25, -0.2) is 0 Å². The number of rotatable bonds is 7. The summed E-state index contributed by atoms with van der Waals surface area (Å²) >= 11 is 1.86. The van der Waals surface area contributed by atoms with E-state index in [9.17, 15) is 0 Å². The van der Waals surface area contributed by atoms with Crippen molar-refractivity contribution in [3.05, 3.63) is 29.8 Å². The molecule has 0 unspecified atom stereocenters. The molecule has 0 radical (unpaired) electrons. The summed E-state index contributed by atoms with van der Waals surface area (Å²) < 4.78 is 0. The van der Waals surface area contributed by atoms with E-state index < -0.39 is 0 Å². The number of aliphatic hydroxyl groups excluding tert-OH is 1. The maximum Gasteiger partial charge on any atom is 0.0494 e. The van der Waals surface area contributed by atoms with Gasteiger partial charge in [0.2, 0.25) is 0 Å². The van der Waals surface area contributed by atoms with E-state index in [1.165, 1.54) is 10.5 Å². The molecule has 0 atom stereocenters. The maximum absolute atomic E-state index is 9.14. The van der Waals surface area contributed by atoms with Gasteiger partial charge in [-0.15, -0.1) is 11.8 Å². The molecule has 1 rings (SSSR count). The monoisotopic (exact) mass is 253 g/mol. The molecule has 0 aromatic heterocycles. The second kappa shape index (κ2) is 7.04. The molecule has 0 aliphatic rings. The molecular weight excluding hydrogens is 230 g/mol. The molecule has 17 heavy (non-hydrogen) atoms. The Hall–Kier alpha value is -0.510. The van der Waals surface area contributed by atoms with Gasteiger partial charge >= 0.3 is 0 Å². The second-order valence-corrected chi connectivity index (χ2v) is 6.34. The number of aliphatic hydroxyl groups is 1. The molecule has 96 valence electrons. The van der Waals surface area contributed by atoms with Gasteiger partial charge in [-0.3, -0.25) is 0 Å². The average Bonchev–Trinajstić information content (AvgIpc) is 2.32. The summed E-state index contributed by atoms with van der Waals surface area (Å²) in [5.41, 5.74) is 1.25. The van der Waals surface area contributed by atoms with Crippen molar-refractivity contribution < 1.29 is 5.11 Å². The van der Waals surface area contributed by atoms with Crippen molar-refractivity contribution in [3.63, 3.8) is 0 Å². The van der Waals surface area contributed by atoms with Crippen LogP contribution in [0.2, 0.25) is 0 Å². The normalized spacial score (nSPS) is 11.8. The average molecular weight is 253 g/mol. The van der Waals surface area contributed by atoms with Gasteiger partial charge in [0.25, 0.3) is 0 Å². The number of hydrogen-bond donors (Lipinski definition) is 2. The first-order chi connectivity index (χ1) is 8.07. The van der Waals surface area contributed by atoms with Crippen molar-refractivity contribution in [2.75, 3.05) is 18.9 Å². The highest BCUT2D eigenvalue weighted by molar-refractivity contribution is 7.99. The Morgan fingerprint density at radius 3 is 2.41 bits per heavy atom. The summed E-state index contributed by atoms with van der Waals surface area (Å²) in [5, 5.41) is 12.5. The first-order valence-corrected chi connectivity index (χ1v) is 7.09. The van der Waals surface area contributed by atoms with Crippen LogP contribution in [-0.4, -0.2) is 24.0 Å². The van der Waals surface area contributed by atoms with Crippen molar-refractivity contribution >= 4 is 11.8 Å². The molecule has 0 aliphatic carbocycles. The van der Waals surface area contributed by atoms with Gasteiger partial charge in [-0.05, 0) is 23.4 Å². The van der Waals surface area contributed by atoms with Crippen LogP contribution in [0.5, 0.6) is 0 Å². The fraction of sp³-hybridized carbons (Fsp3) is 0.571. The zero-order chi connectivity index (χ0) is 12.7. The second-order valence-electron chi connectivity index (χ2n) is 5.00. The van der Waals surface area contributed by atoms with Gasteiger partial charge in [0.05, 0.1) is 0 Å². The van der Waals surface area contributed by atoms with Gasteiger partial charge in [-0.1, -0.05) is 32.9 Å². The molecular formula is C14H23NOS. The lowest BCUT2D eigenvalue weighted by atomic mass is 9.95. The number of nitrogens with one attached hydrogen (secondary N) is 1. The van der Waals surface area contributed by atoms with Crippen molar-refractivity contribution in [3.8, 4) is 0 Å². The predicted molar refractivity (Wildman–Crippen MR) is 75.4 cm³/mol. The van der Waals surface area contributed by atoms with E-state index in [1.54, 1.807) is 0 Å². The molecule has 0 saturated heterocycles. The Morgan fingerprint density at radius 1 is 1.24 bits per heavy atom. The van der Waals surface area contributed by atoms with E-state index in [1.807, 2.05) is 11.8 Å². The van der Waals surface area contributed by atoms with Crippen LogP contribution in [-0.2, 0) is 6.54 Å². The van der Waals surface area contributed by atoms with Crippen molar-refractivity contribution in [2.45, 2.75) is 32.2 Å². The quantitative estimate of drug-likeness (QED) is 0.733. The third-order valence-electron chi connectivity index (χ3n) is 2.60.